The number of pyridine rings is 1. The number of nitrogens with zero attached hydrogens (tertiary/aromatic N) is 4. The molecule has 1 aromatic carbocycles. The van der Waals surface area contributed by atoms with E-state index in [0.29, 0.717) is 17.2 Å². The number of sulfone groups is 1. The number of imidazole rings is 2. The molecule has 12 heteroatoms. The Labute approximate surface area is 167 Å². The number of alkyl halides is 3. The second-order valence-corrected chi connectivity index (χ2v) is 9.06. The summed E-state index contributed by atoms with van der Waals surface area (Å²) in [5.41, 5.74) is -0.313. The summed E-state index contributed by atoms with van der Waals surface area (Å²) < 4.78 is 67.4. The average Bonchev–Trinajstić information content (AvgIpc) is 3.16. The highest BCUT2D eigenvalue weighted by Crippen LogP contribution is 2.34. The number of aromatic nitrogens is 5. The smallest absolute Gasteiger partial charge is 0.312 e. The number of hydrogen-bond donors (Lipinski definition) is 1. The Balaban J connectivity index is 2.07. The number of benzene rings is 1. The third-order valence-corrected chi connectivity index (χ3v) is 6.77. The average molecular weight is 439 g/mol. The summed E-state index contributed by atoms with van der Waals surface area (Å²) in [6.07, 6.45) is -3.88. The van der Waals surface area contributed by atoms with Gasteiger partial charge in [0.25, 0.3) is 0 Å². The molecule has 4 rings (SSSR count). The fourth-order valence-electron chi connectivity index (χ4n) is 3.31. The molecule has 158 valence electrons. The van der Waals surface area contributed by atoms with Gasteiger partial charge in [-0.25, -0.2) is 23.2 Å². The van der Waals surface area contributed by atoms with Gasteiger partial charge in [-0.15, -0.1) is 0 Å². The van der Waals surface area contributed by atoms with Crippen molar-refractivity contribution in [2.75, 3.05) is 5.75 Å². The molecule has 0 spiro atoms. The lowest BCUT2D eigenvalue weighted by Gasteiger charge is -2.10. The fourth-order valence-corrected chi connectivity index (χ4v) is 4.40. The summed E-state index contributed by atoms with van der Waals surface area (Å²) in [7, 11) is -0.711. The van der Waals surface area contributed by atoms with Gasteiger partial charge in [-0.05, 0) is 18.2 Å². The van der Waals surface area contributed by atoms with Crippen LogP contribution < -0.4 is 5.69 Å². The zero-order valence-electron chi connectivity index (χ0n) is 16.1. The standard InChI is InChI=1S/C18H16F3N5O3S/c1-4-30(28,29)14-7-13-11(24-17(27)25(13)2)6-10(14)15-23-12-5-9(18(19,20)21)8-22-16(12)26(15)3/h5-8H,4H2,1-3H3,(H,24,27). The molecule has 1 N–H and O–H groups in total. The number of hydrogen-bond acceptors (Lipinski definition) is 5. The Morgan fingerprint density at radius 1 is 1.13 bits per heavy atom. The Morgan fingerprint density at radius 3 is 2.47 bits per heavy atom. The maximum atomic E-state index is 13.0. The summed E-state index contributed by atoms with van der Waals surface area (Å²) in [6.45, 7) is 1.48. The van der Waals surface area contributed by atoms with Crippen LogP contribution in [0.15, 0.2) is 34.1 Å². The Bertz CT molecular complexity index is 1480. The zero-order chi connectivity index (χ0) is 22.0. The molecule has 0 amide bonds. The van der Waals surface area contributed by atoms with Gasteiger partial charge in [0, 0.05) is 25.9 Å². The number of rotatable bonds is 3. The van der Waals surface area contributed by atoms with Gasteiger partial charge in [0.2, 0.25) is 0 Å². The van der Waals surface area contributed by atoms with E-state index in [1.54, 1.807) is 0 Å². The molecule has 0 aliphatic heterocycles. The van der Waals surface area contributed by atoms with E-state index in [2.05, 4.69) is 15.0 Å². The van der Waals surface area contributed by atoms with Crippen LogP contribution in [0.3, 0.4) is 0 Å². The Hall–Kier alpha value is -3.15. The fraction of sp³-hybridized carbons (Fsp3) is 0.278. The molecule has 8 nitrogen and oxygen atoms in total. The number of aromatic amines is 1. The van der Waals surface area contributed by atoms with E-state index < -0.39 is 27.3 Å². The van der Waals surface area contributed by atoms with Gasteiger partial charge in [0.15, 0.2) is 15.5 Å². The van der Waals surface area contributed by atoms with Crippen LogP contribution in [0.25, 0.3) is 33.6 Å². The molecule has 3 aromatic heterocycles. The van der Waals surface area contributed by atoms with E-state index in [-0.39, 0.29) is 33.2 Å². The Morgan fingerprint density at radius 2 is 1.83 bits per heavy atom. The van der Waals surface area contributed by atoms with E-state index in [1.807, 2.05) is 0 Å². The molecule has 3 heterocycles. The molecule has 0 saturated carbocycles. The minimum absolute atomic E-state index is 0.0242. The molecule has 0 aliphatic carbocycles. The van der Waals surface area contributed by atoms with E-state index in [1.165, 1.54) is 42.3 Å². The van der Waals surface area contributed by atoms with E-state index in [0.717, 1.165) is 6.07 Å². The summed E-state index contributed by atoms with van der Waals surface area (Å²) in [5, 5.41) is 0. The van der Waals surface area contributed by atoms with Crippen LogP contribution >= 0.6 is 0 Å². The first-order valence-electron chi connectivity index (χ1n) is 8.79. The van der Waals surface area contributed by atoms with Crippen molar-refractivity contribution in [3.63, 3.8) is 0 Å². The van der Waals surface area contributed by atoms with Gasteiger partial charge in [-0.2, -0.15) is 13.2 Å². The van der Waals surface area contributed by atoms with Crippen molar-refractivity contribution < 1.29 is 21.6 Å². The van der Waals surface area contributed by atoms with Crippen molar-refractivity contribution in [1.82, 2.24) is 24.1 Å². The quantitative estimate of drug-likeness (QED) is 0.529. The molecule has 0 aliphatic rings. The third-order valence-electron chi connectivity index (χ3n) is 5.00. The Kier molecular flexibility index (Phi) is 4.31. The van der Waals surface area contributed by atoms with Crippen LogP contribution in [-0.4, -0.2) is 38.3 Å². The first-order valence-corrected chi connectivity index (χ1v) is 10.4. The molecule has 0 atom stereocenters. The second-order valence-electron chi connectivity index (χ2n) is 6.82. The molecular weight excluding hydrogens is 423 g/mol. The van der Waals surface area contributed by atoms with Crippen molar-refractivity contribution in [3.05, 3.63) is 40.4 Å². The van der Waals surface area contributed by atoms with Crippen molar-refractivity contribution in [2.45, 2.75) is 18.0 Å². The molecule has 30 heavy (non-hydrogen) atoms. The monoisotopic (exact) mass is 439 g/mol. The van der Waals surface area contributed by atoms with Crippen molar-refractivity contribution >= 4 is 32.0 Å². The normalized spacial score (nSPS) is 12.9. The van der Waals surface area contributed by atoms with E-state index in [9.17, 15) is 26.4 Å². The maximum absolute atomic E-state index is 13.0. The minimum atomic E-state index is -4.59. The van der Waals surface area contributed by atoms with Gasteiger partial charge in [-0.3, -0.25) is 4.57 Å². The number of H-pyrrole nitrogens is 1. The van der Waals surface area contributed by atoms with Gasteiger partial charge in [-0.1, -0.05) is 6.92 Å². The van der Waals surface area contributed by atoms with Crippen LogP contribution in [-0.2, 0) is 30.1 Å². The predicted molar refractivity (Wildman–Crippen MR) is 104 cm³/mol. The molecule has 0 saturated heterocycles. The topological polar surface area (TPSA) is 103 Å². The predicted octanol–water partition coefficient (Wildman–Crippen LogP) is 2.63. The van der Waals surface area contributed by atoms with Gasteiger partial charge >= 0.3 is 11.9 Å². The number of nitrogens with one attached hydrogen (secondary N) is 1. The van der Waals surface area contributed by atoms with Gasteiger partial charge in [0.05, 0.1) is 27.2 Å². The SMILES string of the molecule is CCS(=O)(=O)c1cc2c(cc1-c1nc3cc(C(F)(F)F)cnc3n1C)[nH]c(=O)n2C. The number of halogens is 3. The van der Waals surface area contributed by atoms with Crippen LogP contribution in [0.2, 0.25) is 0 Å². The second kappa shape index (κ2) is 6.42. The van der Waals surface area contributed by atoms with Crippen molar-refractivity contribution in [2.24, 2.45) is 14.1 Å². The molecule has 4 aromatic rings. The van der Waals surface area contributed by atoms with Crippen LogP contribution in [0.4, 0.5) is 13.2 Å². The van der Waals surface area contributed by atoms with Crippen molar-refractivity contribution in [3.8, 4) is 11.4 Å². The molecule has 0 unspecified atom stereocenters. The third kappa shape index (κ3) is 2.98. The van der Waals surface area contributed by atoms with Crippen LogP contribution in [0.5, 0.6) is 0 Å². The lowest BCUT2D eigenvalue weighted by molar-refractivity contribution is -0.137. The van der Waals surface area contributed by atoms with Gasteiger partial charge in [0.1, 0.15) is 11.3 Å². The summed E-state index contributed by atoms with van der Waals surface area (Å²) in [5.74, 6) is -0.0833. The molecular formula is C18H16F3N5O3S. The first-order chi connectivity index (χ1) is 13.9. The highest BCUT2D eigenvalue weighted by molar-refractivity contribution is 7.91. The summed E-state index contributed by atoms with van der Waals surface area (Å²) >= 11 is 0. The lowest BCUT2D eigenvalue weighted by Crippen LogP contribution is -2.12. The minimum Gasteiger partial charge on any atom is -0.312 e. The summed E-state index contributed by atoms with van der Waals surface area (Å²) in [4.78, 5) is 22.6. The maximum Gasteiger partial charge on any atom is 0.417 e. The number of aryl methyl sites for hydroxylation is 2. The van der Waals surface area contributed by atoms with Crippen LogP contribution in [0.1, 0.15) is 12.5 Å². The molecule has 0 fully saturated rings. The molecule has 0 bridgehead atoms. The highest BCUT2D eigenvalue weighted by atomic mass is 32.2. The first kappa shape index (κ1) is 20.1. The van der Waals surface area contributed by atoms with Gasteiger partial charge < -0.3 is 9.55 Å². The van der Waals surface area contributed by atoms with E-state index in [4.69, 9.17) is 0 Å². The highest BCUT2D eigenvalue weighted by Gasteiger charge is 2.32. The lowest BCUT2D eigenvalue weighted by atomic mass is 10.2. The summed E-state index contributed by atoms with van der Waals surface area (Å²) in [6, 6.07) is 3.70. The largest absolute Gasteiger partial charge is 0.417 e. The molecule has 0 radical (unpaired) electrons. The zero-order valence-corrected chi connectivity index (χ0v) is 16.9. The van der Waals surface area contributed by atoms with E-state index >= 15 is 0 Å². The van der Waals surface area contributed by atoms with Crippen molar-refractivity contribution in [1.29, 1.82) is 0 Å². The van der Waals surface area contributed by atoms with Crippen LogP contribution in [0, 0.1) is 0 Å². The number of fused-ring (bicyclic) bond motifs is 2.